The summed E-state index contributed by atoms with van der Waals surface area (Å²) in [4.78, 5) is 43.6. The number of amides is 1. The van der Waals surface area contributed by atoms with Gasteiger partial charge in [-0.1, -0.05) is 0 Å². The Labute approximate surface area is 186 Å². The Kier molecular flexibility index (Phi) is 4.98. The number of fused-ring (bicyclic) bond motifs is 2. The number of rotatable bonds is 6. The fourth-order valence-electron chi connectivity index (χ4n) is 3.58. The van der Waals surface area contributed by atoms with E-state index in [9.17, 15) is 9.59 Å². The van der Waals surface area contributed by atoms with Gasteiger partial charge in [0.25, 0.3) is 0 Å². The number of nitrogens with one attached hydrogen (secondary N) is 1. The lowest BCUT2D eigenvalue weighted by molar-refractivity contribution is -0.115. The van der Waals surface area contributed by atoms with Crippen molar-refractivity contribution < 1.29 is 9.59 Å². The number of pyridine rings is 1. The molecule has 0 aliphatic carbocycles. The number of carbonyl (C=O) groups excluding carboxylic acids is 2. The lowest BCUT2D eigenvalue weighted by Crippen LogP contribution is -2.15. The van der Waals surface area contributed by atoms with E-state index in [2.05, 4.69) is 25.3 Å². The number of hydrogen-bond donors (Lipinski definition) is 1. The van der Waals surface area contributed by atoms with E-state index >= 15 is 0 Å². The standard InChI is InChI=1S/C22H19N7O2S/c1-13(2)29-11-18(17-9-24-12-25-21(17)29)20(31)14-5-15(8-23-7-14)26-19(30)6-16-10-28-3-4-32-22(28)27-16/h3-5,7-13H,6H2,1-2H3,(H,26,30). The third-order valence-corrected chi connectivity index (χ3v) is 5.83. The van der Waals surface area contributed by atoms with Crippen LogP contribution in [-0.4, -0.2) is 40.6 Å². The van der Waals surface area contributed by atoms with Crippen LogP contribution in [0, 0.1) is 0 Å². The maximum atomic E-state index is 13.3. The van der Waals surface area contributed by atoms with Crippen molar-refractivity contribution >= 4 is 44.7 Å². The first-order chi connectivity index (χ1) is 15.5. The highest BCUT2D eigenvalue weighted by molar-refractivity contribution is 7.15. The van der Waals surface area contributed by atoms with Gasteiger partial charge in [-0.25, -0.2) is 15.0 Å². The van der Waals surface area contributed by atoms with Crippen molar-refractivity contribution in [3.05, 3.63) is 71.8 Å². The maximum absolute atomic E-state index is 13.3. The highest BCUT2D eigenvalue weighted by Crippen LogP contribution is 2.25. The van der Waals surface area contributed by atoms with Crippen LogP contribution < -0.4 is 5.32 Å². The summed E-state index contributed by atoms with van der Waals surface area (Å²) >= 11 is 1.51. The zero-order chi connectivity index (χ0) is 22.2. The molecule has 0 atom stereocenters. The molecule has 9 nitrogen and oxygen atoms in total. The molecule has 0 aliphatic heterocycles. The molecule has 0 fully saturated rings. The number of thiazole rings is 1. The van der Waals surface area contributed by atoms with Gasteiger partial charge >= 0.3 is 0 Å². The van der Waals surface area contributed by atoms with Gasteiger partial charge in [0, 0.05) is 53.4 Å². The molecule has 1 N–H and O–H groups in total. The van der Waals surface area contributed by atoms with Crippen molar-refractivity contribution in [3.63, 3.8) is 0 Å². The van der Waals surface area contributed by atoms with E-state index in [1.807, 2.05) is 40.6 Å². The van der Waals surface area contributed by atoms with E-state index < -0.39 is 0 Å². The normalized spacial score (nSPS) is 11.5. The zero-order valence-corrected chi connectivity index (χ0v) is 18.2. The fraction of sp³-hybridized carbons (Fsp3) is 0.182. The Bertz CT molecular complexity index is 1440. The highest BCUT2D eigenvalue weighted by Gasteiger charge is 2.20. The molecule has 160 valence electrons. The van der Waals surface area contributed by atoms with Crippen LogP contribution in [0.25, 0.3) is 16.0 Å². The van der Waals surface area contributed by atoms with Crippen LogP contribution in [0.2, 0.25) is 0 Å². The smallest absolute Gasteiger partial charge is 0.230 e. The van der Waals surface area contributed by atoms with Gasteiger partial charge in [-0.15, -0.1) is 11.3 Å². The summed E-state index contributed by atoms with van der Waals surface area (Å²) in [5, 5.41) is 5.42. The quantitative estimate of drug-likeness (QED) is 0.401. The Hall–Kier alpha value is -3.92. The van der Waals surface area contributed by atoms with Crippen molar-refractivity contribution in [1.82, 2.24) is 28.9 Å². The molecular weight excluding hydrogens is 426 g/mol. The lowest BCUT2D eigenvalue weighted by atomic mass is 10.1. The van der Waals surface area contributed by atoms with E-state index in [-0.39, 0.29) is 24.2 Å². The number of imidazole rings is 1. The molecule has 1 amide bonds. The molecule has 0 aromatic carbocycles. The minimum Gasteiger partial charge on any atom is -0.329 e. The van der Waals surface area contributed by atoms with E-state index in [0.717, 1.165) is 4.96 Å². The number of nitrogens with zero attached hydrogens (tertiary/aromatic N) is 6. The summed E-state index contributed by atoms with van der Waals surface area (Å²) in [5.41, 5.74) is 2.70. The molecule has 10 heteroatoms. The second-order valence-corrected chi connectivity index (χ2v) is 8.52. The molecule has 0 saturated heterocycles. The van der Waals surface area contributed by atoms with Gasteiger partial charge in [-0.05, 0) is 19.9 Å². The molecule has 0 spiro atoms. The molecule has 5 heterocycles. The average molecular weight is 446 g/mol. The Morgan fingerprint density at radius 1 is 1.16 bits per heavy atom. The molecule has 32 heavy (non-hydrogen) atoms. The molecule has 0 radical (unpaired) electrons. The second kappa shape index (κ2) is 7.97. The summed E-state index contributed by atoms with van der Waals surface area (Å²) < 4.78 is 3.82. The largest absolute Gasteiger partial charge is 0.329 e. The van der Waals surface area contributed by atoms with E-state index in [4.69, 9.17) is 0 Å². The topological polar surface area (TPSA) is 107 Å². The summed E-state index contributed by atoms with van der Waals surface area (Å²) in [6.45, 7) is 4.05. The van der Waals surface area contributed by atoms with Crippen LogP contribution in [0.5, 0.6) is 0 Å². The third kappa shape index (κ3) is 3.65. The van der Waals surface area contributed by atoms with Crippen LogP contribution in [0.1, 0.15) is 41.5 Å². The van der Waals surface area contributed by atoms with E-state index in [0.29, 0.717) is 33.5 Å². The van der Waals surface area contributed by atoms with Gasteiger partial charge in [0.05, 0.1) is 29.6 Å². The Morgan fingerprint density at radius 2 is 2.03 bits per heavy atom. The van der Waals surface area contributed by atoms with Crippen LogP contribution in [-0.2, 0) is 11.2 Å². The van der Waals surface area contributed by atoms with Crippen molar-refractivity contribution in [2.75, 3.05) is 5.32 Å². The lowest BCUT2D eigenvalue weighted by Gasteiger charge is -2.07. The van der Waals surface area contributed by atoms with Crippen molar-refractivity contribution in [2.24, 2.45) is 0 Å². The predicted octanol–water partition coefficient (Wildman–Crippen LogP) is 3.53. The van der Waals surface area contributed by atoms with Gasteiger partial charge in [-0.2, -0.15) is 0 Å². The molecule has 0 saturated carbocycles. The molecular formula is C22H19N7O2S. The monoisotopic (exact) mass is 445 g/mol. The average Bonchev–Trinajstić information content (AvgIpc) is 3.46. The molecule has 0 unspecified atom stereocenters. The number of aromatic nitrogens is 6. The van der Waals surface area contributed by atoms with Crippen molar-refractivity contribution in [1.29, 1.82) is 0 Å². The summed E-state index contributed by atoms with van der Waals surface area (Å²) in [5.74, 6) is -0.436. The molecule has 0 bridgehead atoms. The molecule has 5 aromatic rings. The van der Waals surface area contributed by atoms with Crippen LogP contribution >= 0.6 is 11.3 Å². The van der Waals surface area contributed by atoms with E-state index in [1.54, 1.807) is 18.5 Å². The van der Waals surface area contributed by atoms with Crippen LogP contribution in [0.4, 0.5) is 5.69 Å². The first-order valence-corrected chi connectivity index (χ1v) is 10.9. The molecule has 5 aromatic heterocycles. The number of carbonyl (C=O) groups is 2. The predicted molar refractivity (Wildman–Crippen MR) is 121 cm³/mol. The highest BCUT2D eigenvalue weighted by atomic mass is 32.1. The van der Waals surface area contributed by atoms with Crippen molar-refractivity contribution in [3.8, 4) is 0 Å². The molecule has 5 rings (SSSR count). The summed E-state index contributed by atoms with van der Waals surface area (Å²) in [6.07, 6.45) is 11.8. The fourth-order valence-corrected chi connectivity index (χ4v) is 4.30. The molecule has 0 aliphatic rings. The SMILES string of the molecule is CC(C)n1cc(C(=O)c2cncc(NC(=O)Cc3cn4ccsc4n3)c2)c2cncnc21. The maximum Gasteiger partial charge on any atom is 0.230 e. The third-order valence-electron chi connectivity index (χ3n) is 5.06. The summed E-state index contributed by atoms with van der Waals surface area (Å²) in [7, 11) is 0. The van der Waals surface area contributed by atoms with Gasteiger partial charge in [0.1, 0.15) is 12.0 Å². The van der Waals surface area contributed by atoms with E-state index in [1.165, 1.54) is 30.1 Å². The van der Waals surface area contributed by atoms with Crippen LogP contribution in [0.15, 0.2) is 55.0 Å². The number of ketones is 1. The van der Waals surface area contributed by atoms with Crippen molar-refractivity contribution in [2.45, 2.75) is 26.3 Å². The van der Waals surface area contributed by atoms with Gasteiger partial charge in [0.15, 0.2) is 10.7 Å². The first kappa shape index (κ1) is 20.0. The van der Waals surface area contributed by atoms with Gasteiger partial charge in [-0.3, -0.25) is 19.0 Å². The number of hydrogen-bond acceptors (Lipinski definition) is 7. The Balaban J connectivity index is 1.38. The first-order valence-electron chi connectivity index (χ1n) is 10.0. The zero-order valence-electron chi connectivity index (χ0n) is 17.4. The second-order valence-electron chi connectivity index (χ2n) is 7.65. The van der Waals surface area contributed by atoms with Gasteiger partial charge < -0.3 is 9.88 Å². The minimum atomic E-state index is -0.230. The minimum absolute atomic E-state index is 0.131. The summed E-state index contributed by atoms with van der Waals surface area (Å²) in [6, 6.07) is 1.76. The Morgan fingerprint density at radius 3 is 2.84 bits per heavy atom. The van der Waals surface area contributed by atoms with Crippen LogP contribution in [0.3, 0.4) is 0 Å². The number of anilines is 1. The van der Waals surface area contributed by atoms with Gasteiger partial charge in [0.2, 0.25) is 5.91 Å².